The number of hydrogen-bond acceptors (Lipinski definition) is 5. The van der Waals surface area contributed by atoms with Gasteiger partial charge in [0.05, 0.1) is 12.1 Å². The summed E-state index contributed by atoms with van der Waals surface area (Å²) in [6, 6.07) is 6.81. The van der Waals surface area contributed by atoms with Crippen molar-refractivity contribution < 1.29 is 14.3 Å². The Morgan fingerprint density at radius 2 is 1.84 bits per heavy atom. The highest BCUT2D eigenvalue weighted by molar-refractivity contribution is 5.83. The predicted octanol–water partition coefficient (Wildman–Crippen LogP) is 2.77. The zero-order chi connectivity index (χ0) is 21.6. The number of fused-ring (bicyclic) bond motifs is 1. The fourth-order valence-electron chi connectivity index (χ4n) is 6.52. The third-order valence-electron chi connectivity index (χ3n) is 7.45. The van der Waals surface area contributed by atoms with Crippen LogP contribution in [0.2, 0.25) is 0 Å². The van der Waals surface area contributed by atoms with Crippen LogP contribution in [0, 0.1) is 30.1 Å². The van der Waals surface area contributed by atoms with Gasteiger partial charge in [-0.2, -0.15) is 0 Å². The minimum absolute atomic E-state index is 0.0541. The molecule has 2 aromatic rings. The van der Waals surface area contributed by atoms with Crippen LogP contribution in [0.3, 0.4) is 0 Å². The van der Waals surface area contributed by atoms with Crippen molar-refractivity contribution in [2.24, 2.45) is 23.2 Å². The lowest BCUT2D eigenvalue weighted by Crippen LogP contribution is -2.53. The Labute approximate surface area is 181 Å². The number of carbonyl (C=O) groups is 2. The zero-order valence-corrected chi connectivity index (χ0v) is 17.9. The largest absolute Gasteiger partial charge is 0.459 e. The van der Waals surface area contributed by atoms with Crippen molar-refractivity contribution in [1.82, 2.24) is 14.7 Å². The van der Waals surface area contributed by atoms with E-state index in [1.54, 1.807) is 6.07 Å². The van der Waals surface area contributed by atoms with E-state index in [9.17, 15) is 14.4 Å². The molecule has 2 aromatic heterocycles. The molecule has 0 unspecified atom stereocenters. The average molecular weight is 424 g/mol. The van der Waals surface area contributed by atoms with Crippen LogP contribution in [0.15, 0.2) is 29.1 Å². The first kappa shape index (κ1) is 20.2. The predicted molar refractivity (Wildman–Crippen MR) is 114 cm³/mol. The molecule has 7 heteroatoms. The minimum atomic E-state index is -0.406. The lowest BCUT2D eigenvalue weighted by Gasteiger charge is -2.55. The average Bonchev–Trinajstić information content (AvgIpc) is 2.71. The summed E-state index contributed by atoms with van der Waals surface area (Å²) in [6.45, 7) is 2.07. The maximum atomic E-state index is 12.9. The van der Waals surface area contributed by atoms with E-state index < -0.39 is 5.97 Å². The second kappa shape index (κ2) is 7.77. The number of amides is 1. The molecule has 0 spiro atoms. The number of nitrogens with zero attached hydrogens (tertiary/aromatic N) is 2. The molecule has 0 saturated heterocycles. The van der Waals surface area contributed by atoms with Gasteiger partial charge in [0, 0.05) is 23.7 Å². The van der Waals surface area contributed by atoms with Gasteiger partial charge in [0.15, 0.2) is 0 Å². The van der Waals surface area contributed by atoms with Crippen LogP contribution in [-0.2, 0) is 20.9 Å². The van der Waals surface area contributed by atoms with Gasteiger partial charge in [-0.25, -0.2) is 4.98 Å². The van der Waals surface area contributed by atoms with Gasteiger partial charge < -0.3 is 10.1 Å². The lowest BCUT2D eigenvalue weighted by atomic mass is 9.49. The molecule has 164 valence electrons. The third-order valence-corrected chi connectivity index (χ3v) is 7.45. The van der Waals surface area contributed by atoms with Crippen LogP contribution >= 0.6 is 0 Å². The first-order chi connectivity index (χ1) is 14.9. The van der Waals surface area contributed by atoms with E-state index in [1.165, 1.54) is 29.7 Å². The van der Waals surface area contributed by atoms with E-state index >= 15 is 0 Å². The summed E-state index contributed by atoms with van der Waals surface area (Å²) in [6.07, 6.45) is 7.04. The number of carbonyl (C=O) groups excluding carboxylic acids is 2. The summed E-state index contributed by atoms with van der Waals surface area (Å²) in [4.78, 5) is 41.8. The van der Waals surface area contributed by atoms with Crippen molar-refractivity contribution in [1.29, 1.82) is 0 Å². The Hall–Kier alpha value is -2.70. The number of esters is 1. The molecule has 0 atom stereocenters. The summed E-state index contributed by atoms with van der Waals surface area (Å²) in [5.41, 5.74) is 1.35. The molecule has 4 saturated carbocycles. The molecule has 0 radical (unpaired) electrons. The van der Waals surface area contributed by atoms with Gasteiger partial charge in [0.25, 0.3) is 5.56 Å². The van der Waals surface area contributed by atoms with Crippen LogP contribution in [0.25, 0.3) is 5.65 Å². The molecular formula is C24H29N3O4. The van der Waals surface area contributed by atoms with E-state index in [4.69, 9.17) is 4.74 Å². The summed E-state index contributed by atoms with van der Waals surface area (Å²) < 4.78 is 6.81. The van der Waals surface area contributed by atoms with E-state index in [-0.39, 0.29) is 36.5 Å². The highest BCUT2D eigenvalue weighted by Crippen LogP contribution is 2.60. The van der Waals surface area contributed by atoms with Crippen LogP contribution in [-0.4, -0.2) is 27.8 Å². The van der Waals surface area contributed by atoms with Crippen LogP contribution in [0.1, 0.15) is 56.3 Å². The normalized spacial score (nSPS) is 28.6. The van der Waals surface area contributed by atoms with Crippen molar-refractivity contribution in [2.45, 2.75) is 58.5 Å². The highest BCUT2D eigenvalue weighted by atomic mass is 16.5. The van der Waals surface area contributed by atoms with Crippen molar-refractivity contribution in [2.75, 3.05) is 6.54 Å². The molecule has 1 amide bonds. The van der Waals surface area contributed by atoms with Gasteiger partial charge in [-0.15, -0.1) is 0 Å². The van der Waals surface area contributed by atoms with Gasteiger partial charge in [0.2, 0.25) is 5.91 Å². The quantitative estimate of drug-likeness (QED) is 0.722. The number of pyridine rings is 1. The number of aryl methyl sites for hydroxylation is 1. The molecule has 31 heavy (non-hydrogen) atoms. The molecule has 0 aromatic carbocycles. The smallest absolute Gasteiger partial charge is 0.307 e. The van der Waals surface area contributed by atoms with E-state index in [0.717, 1.165) is 25.0 Å². The van der Waals surface area contributed by atoms with Gasteiger partial charge in [-0.1, -0.05) is 6.07 Å². The van der Waals surface area contributed by atoms with Crippen molar-refractivity contribution in [3.8, 4) is 0 Å². The van der Waals surface area contributed by atoms with Gasteiger partial charge in [0.1, 0.15) is 12.3 Å². The van der Waals surface area contributed by atoms with Crippen LogP contribution in [0.5, 0.6) is 0 Å². The maximum Gasteiger partial charge on any atom is 0.307 e. The number of aromatic nitrogens is 2. The molecule has 6 rings (SSSR count). The Morgan fingerprint density at radius 3 is 2.52 bits per heavy atom. The lowest BCUT2D eigenvalue weighted by molar-refractivity contribution is -0.147. The number of hydrogen-bond donors (Lipinski definition) is 1. The van der Waals surface area contributed by atoms with Crippen molar-refractivity contribution in [3.63, 3.8) is 0 Å². The standard InChI is InChI=1S/C24H29N3O4/c1-15-3-2-4-20-26-19(10-21(28)27(15)20)14-31-22(29)5-6-25-23(30)24-11-16-7-17(12-24)9-18(8-16)13-24/h2-4,10,16-18H,5-9,11-14H2,1H3,(H,25,30). The van der Waals surface area contributed by atoms with Gasteiger partial charge >= 0.3 is 5.97 Å². The highest BCUT2D eigenvalue weighted by Gasteiger charge is 2.54. The van der Waals surface area contributed by atoms with Crippen molar-refractivity contribution in [3.05, 3.63) is 46.0 Å². The zero-order valence-electron chi connectivity index (χ0n) is 17.9. The molecule has 4 aliphatic rings. The second-order valence-electron chi connectivity index (χ2n) is 9.81. The molecule has 4 fully saturated rings. The topological polar surface area (TPSA) is 89.8 Å². The number of ether oxygens (including phenoxy) is 1. The van der Waals surface area contributed by atoms with Crippen LogP contribution in [0.4, 0.5) is 0 Å². The van der Waals surface area contributed by atoms with E-state index in [2.05, 4.69) is 10.3 Å². The SMILES string of the molecule is Cc1cccc2nc(COC(=O)CCNC(=O)C34CC5CC(CC(C5)C3)C4)cc(=O)n12. The molecule has 7 nitrogen and oxygen atoms in total. The second-order valence-corrected chi connectivity index (χ2v) is 9.81. The number of nitrogens with one attached hydrogen (secondary N) is 1. The Balaban J connectivity index is 1.12. The maximum absolute atomic E-state index is 12.9. The Morgan fingerprint density at radius 1 is 1.16 bits per heavy atom. The molecule has 1 N–H and O–H groups in total. The summed E-state index contributed by atoms with van der Waals surface area (Å²) in [5, 5.41) is 3.00. The molecule has 2 heterocycles. The Kier molecular flexibility index (Phi) is 5.07. The summed E-state index contributed by atoms with van der Waals surface area (Å²) in [7, 11) is 0. The monoisotopic (exact) mass is 423 g/mol. The summed E-state index contributed by atoms with van der Waals surface area (Å²) in [5.74, 6) is 1.86. The fourth-order valence-corrected chi connectivity index (χ4v) is 6.52. The number of rotatable bonds is 6. The third kappa shape index (κ3) is 3.86. The molecule has 4 bridgehead atoms. The van der Waals surface area contributed by atoms with Gasteiger partial charge in [-0.05, 0) is 75.3 Å². The molecule has 4 aliphatic carbocycles. The van der Waals surface area contributed by atoms with Crippen molar-refractivity contribution >= 4 is 17.5 Å². The van der Waals surface area contributed by atoms with E-state index in [0.29, 0.717) is 29.1 Å². The fraction of sp³-hybridized carbons (Fsp3) is 0.583. The van der Waals surface area contributed by atoms with E-state index in [1.807, 2.05) is 19.1 Å². The van der Waals surface area contributed by atoms with Crippen LogP contribution < -0.4 is 10.9 Å². The molecular weight excluding hydrogens is 394 g/mol. The first-order valence-corrected chi connectivity index (χ1v) is 11.3. The minimum Gasteiger partial charge on any atom is -0.459 e. The Bertz CT molecular complexity index is 1050. The molecule has 0 aliphatic heterocycles. The first-order valence-electron chi connectivity index (χ1n) is 11.3. The van der Waals surface area contributed by atoms with Gasteiger partial charge in [-0.3, -0.25) is 18.8 Å². The summed E-state index contributed by atoms with van der Waals surface area (Å²) >= 11 is 0.